The van der Waals surface area contributed by atoms with Crippen molar-refractivity contribution in [2.45, 2.75) is 31.7 Å². The van der Waals surface area contributed by atoms with Gasteiger partial charge in [-0.15, -0.1) is 0 Å². The van der Waals surface area contributed by atoms with Crippen molar-refractivity contribution in [2.75, 3.05) is 50.8 Å². The molecule has 0 fully saturated rings. The molecule has 2 aliphatic heterocycles. The minimum Gasteiger partial charge on any atom is -0.486 e. The number of likely N-dealkylation sites (N-methyl/N-ethyl adjacent to an activating group) is 1. The second-order valence-corrected chi connectivity index (χ2v) is 13.3. The molecule has 6 rings (SSSR count). The van der Waals surface area contributed by atoms with Crippen molar-refractivity contribution in [3.05, 3.63) is 77.4 Å². The van der Waals surface area contributed by atoms with Crippen LogP contribution in [0.25, 0.3) is 10.2 Å². The minimum atomic E-state index is -3.71. The molecule has 1 amide bonds. The summed E-state index contributed by atoms with van der Waals surface area (Å²) < 4.78 is 40.8. The third-order valence-corrected chi connectivity index (χ3v) is 10.8. The van der Waals surface area contributed by atoms with Gasteiger partial charge >= 0.3 is 0 Å². The predicted octanol–water partition coefficient (Wildman–Crippen LogP) is 4.80. The molecule has 0 saturated carbocycles. The molecule has 0 spiro atoms. The number of aromatic nitrogens is 1. The number of sulfonamides is 1. The summed E-state index contributed by atoms with van der Waals surface area (Å²) in [6.07, 6.45) is 0.677. The number of carbonyl (C=O) groups excluding carboxylic acids is 1. The van der Waals surface area contributed by atoms with Crippen molar-refractivity contribution in [1.29, 1.82) is 0 Å². The van der Waals surface area contributed by atoms with Crippen molar-refractivity contribution >= 4 is 42.6 Å². The number of nitrogens with zero attached hydrogens (tertiary/aromatic N) is 4. The summed E-state index contributed by atoms with van der Waals surface area (Å²) in [5, 5.41) is 0.577. The molecule has 1 aromatic heterocycles. The van der Waals surface area contributed by atoms with Gasteiger partial charge in [-0.05, 0) is 54.9 Å². The first-order valence-electron chi connectivity index (χ1n) is 14.3. The van der Waals surface area contributed by atoms with E-state index in [0.717, 1.165) is 28.9 Å². The van der Waals surface area contributed by atoms with Crippen LogP contribution in [0.1, 0.15) is 35.3 Å². The molecule has 11 heteroatoms. The van der Waals surface area contributed by atoms with Crippen LogP contribution in [0.2, 0.25) is 0 Å². The SMILES string of the molecule is CCN(CC)CCN(C(=O)c1ccc(S(=O)(=O)N2CCc3ccccc3C2)cc1)c1nc2cc3c(cc2s1)OCCO3. The Morgan fingerprint density at radius 3 is 2.36 bits per heavy atom. The number of fused-ring (bicyclic) bond motifs is 3. The molecule has 0 unspecified atom stereocenters. The van der Waals surface area contributed by atoms with Crippen LogP contribution in [-0.4, -0.2) is 74.5 Å². The highest BCUT2D eigenvalue weighted by Gasteiger charge is 2.29. The highest BCUT2D eigenvalue weighted by atomic mass is 32.2. The molecule has 3 aromatic carbocycles. The first-order valence-corrected chi connectivity index (χ1v) is 16.5. The van der Waals surface area contributed by atoms with Crippen LogP contribution in [0.15, 0.2) is 65.6 Å². The van der Waals surface area contributed by atoms with Gasteiger partial charge in [0.1, 0.15) is 13.2 Å². The third kappa shape index (κ3) is 5.61. The van der Waals surface area contributed by atoms with Gasteiger partial charge in [-0.25, -0.2) is 13.4 Å². The van der Waals surface area contributed by atoms with E-state index in [-0.39, 0.29) is 10.8 Å². The number of rotatable bonds is 9. The molecule has 9 nitrogen and oxygen atoms in total. The number of anilines is 1. The summed E-state index contributed by atoms with van der Waals surface area (Å²) in [6, 6.07) is 18.0. The zero-order valence-corrected chi connectivity index (χ0v) is 25.4. The molecule has 4 aromatic rings. The van der Waals surface area contributed by atoms with E-state index >= 15 is 0 Å². The third-order valence-electron chi connectivity index (χ3n) is 7.89. The van der Waals surface area contributed by atoms with E-state index in [4.69, 9.17) is 14.5 Å². The number of hydrogen-bond donors (Lipinski definition) is 0. The van der Waals surface area contributed by atoms with Crippen LogP contribution < -0.4 is 14.4 Å². The fourth-order valence-corrected chi connectivity index (χ4v) is 7.80. The Morgan fingerprint density at radius 2 is 1.64 bits per heavy atom. The lowest BCUT2D eigenvalue weighted by atomic mass is 10.0. The lowest BCUT2D eigenvalue weighted by Gasteiger charge is -2.28. The van der Waals surface area contributed by atoms with E-state index in [1.165, 1.54) is 33.3 Å². The average molecular weight is 607 g/mol. The van der Waals surface area contributed by atoms with Crippen LogP contribution in [0.5, 0.6) is 11.5 Å². The van der Waals surface area contributed by atoms with E-state index in [2.05, 4.69) is 18.7 Å². The number of benzene rings is 3. The second-order valence-electron chi connectivity index (χ2n) is 10.3. The minimum absolute atomic E-state index is 0.179. The smallest absolute Gasteiger partial charge is 0.260 e. The van der Waals surface area contributed by atoms with Crippen LogP contribution in [-0.2, 0) is 23.0 Å². The Hall–Kier alpha value is -3.51. The Bertz CT molecular complexity index is 1660. The summed E-state index contributed by atoms with van der Waals surface area (Å²) in [7, 11) is -3.71. The lowest BCUT2D eigenvalue weighted by Crippen LogP contribution is -2.39. The topological polar surface area (TPSA) is 92.3 Å². The molecular formula is C31H34N4O5S2. The molecule has 3 heterocycles. The summed E-state index contributed by atoms with van der Waals surface area (Å²) >= 11 is 1.43. The Kier molecular flexibility index (Phi) is 8.17. The predicted molar refractivity (Wildman–Crippen MR) is 164 cm³/mol. The van der Waals surface area contributed by atoms with Gasteiger partial charge in [-0.1, -0.05) is 49.4 Å². The number of thiazole rings is 1. The molecule has 0 atom stereocenters. The van der Waals surface area contributed by atoms with Gasteiger partial charge in [0, 0.05) is 43.9 Å². The second kappa shape index (κ2) is 12.0. The van der Waals surface area contributed by atoms with Crippen LogP contribution >= 0.6 is 11.3 Å². The molecular weight excluding hydrogens is 572 g/mol. The van der Waals surface area contributed by atoms with Crippen LogP contribution in [0.4, 0.5) is 5.13 Å². The fourth-order valence-electron chi connectivity index (χ4n) is 5.38. The highest BCUT2D eigenvalue weighted by molar-refractivity contribution is 7.89. The van der Waals surface area contributed by atoms with E-state index in [9.17, 15) is 13.2 Å². The molecule has 0 N–H and O–H groups in total. The van der Waals surface area contributed by atoms with Gasteiger partial charge < -0.3 is 14.4 Å². The van der Waals surface area contributed by atoms with Gasteiger partial charge in [-0.3, -0.25) is 9.69 Å². The number of hydrogen-bond acceptors (Lipinski definition) is 8. The van der Waals surface area contributed by atoms with Crippen LogP contribution in [0.3, 0.4) is 0 Å². The van der Waals surface area contributed by atoms with Gasteiger partial charge in [0.25, 0.3) is 5.91 Å². The van der Waals surface area contributed by atoms with Gasteiger partial charge in [-0.2, -0.15) is 4.31 Å². The van der Waals surface area contributed by atoms with E-state index in [1.807, 2.05) is 36.4 Å². The van der Waals surface area contributed by atoms with E-state index < -0.39 is 10.0 Å². The average Bonchev–Trinajstić information content (AvgIpc) is 3.44. The van der Waals surface area contributed by atoms with Gasteiger partial charge in [0.15, 0.2) is 16.6 Å². The first-order chi connectivity index (χ1) is 20.4. The summed E-state index contributed by atoms with van der Waals surface area (Å²) in [4.78, 5) is 22.9. The van der Waals surface area contributed by atoms with Gasteiger partial charge in [0.05, 0.1) is 15.1 Å². The quantitative estimate of drug-likeness (QED) is 0.270. The van der Waals surface area contributed by atoms with Crippen LogP contribution in [0, 0.1) is 0 Å². The molecule has 0 saturated heterocycles. The largest absolute Gasteiger partial charge is 0.486 e. The number of ether oxygens (including phenoxy) is 2. The van der Waals surface area contributed by atoms with Gasteiger partial charge in [0.2, 0.25) is 10.0 Å². The highest BCUT2D eigenvalue weighted by Crippen LogP contribution is 2.39. The molecule has 0 aliphatic carbocycles. The lowest BCUT2D eigenvalue weighted by molar-refractivity contribution is 0.0983. The Morgan fingerprint density at radius 1 is 0.952 bits per heavy atom. The maximum atomic E-state index is 13.9. The summed E-state index contributed by atoms with van der Waals surface area (Å²) in [5.74, 6) is 1.11. The zero-order chi connectivity index (χ0) is 29.3. The summed E-state index contributed by atoms with van der Waals surface area (Å²) in [5.41, 5.74) is 3.36. The number of amides is 1. The standard InChI is InChI=1S/C31H34N4O5S2/c1-3-33(4-2)15-16-35(31-32-26-19-27-28(20-29(26)41-31)40-18-17-39-27)30(36)23-9-11-25(12-10-23)42(37,38)34-14-13-22-7-5-6-8-24(22)21-34/h5-12,19-20H,3-4,13-18,21H2,1-2H3. The van der Waals surface area contributed by atoms with Crippen molar-refractivity contribution in [3.8, 4) is 11.5 Å². The fraction of sp³-hybridized carbons (Fsp3) is 0.355. The maximum absolute atomic E-state index is 13.9. The molecule has 0 radical (unpaired) electrons. The summed E-state index contributed by atoms with van der Waals surface area (Å²) in [6.45, 7) is 8.80. The zero-order valence-electron chi connectivity index (χ0n) is 23.8. The molecule has 2 aliphatic rings. The monoisotopic (exact) mass is 606 g/mol. The first kappa shape index (κ1) is 28.6. The Balaban J connectivity index is 1.27. The number of carbonyl (C=O) groups is 1. The molecule has 220 valence electrons. The molecule has 42 heavy (non-hydrogen) atoms. The van der Waals surface area contributed by atoms with Crippen molar-refractivity contribution in [1.82, 2.24) is 14.2 Å². The van der Waals surface area contributed by atoms with Crippen molar-refractivity contribution < 1.29 is 22.7 Å². The van der Waals surface area contributed by atoms with Crippen molar-refractivity contribution in [2.24, 2.45) is 0 Å². The molecule has 0 bridgehead atoms. The normalized spacial score (nSPS) is 15.1. The van der Waals surface area contributed by atoms with E-state index in [0.29, 0.717) is 68.0 Å². The maximum Gasteiger partial charge on any atom is 0.260 e. The van der Waals surface area contributed by atoms with E-state index in [1.54, 1.807) is 17.0 Å². The van der Waals surface area contributed by atoms with Crippen molar-refractivity contribution in [3.63, 3.8) is 0 Å². The Labute approximate surface area is 250 Å².